The van der Waals surface area contributed by atoms with Crippen LogP contribution in [0.15, 0.2) is 4.90 Å². The largest absolute Gasteiger partial charge is 0.478 e. The van der Waals surface area contributed by atoms with Gasteiger partial charge in [-0.25, -0.2) is 9.59 Å². The first-order valence-corrected chi connectivity index (χ1v) is 13.1. The smallest absolute Gasteiger partial charge is 0.336 e. The minimum Gasteiger partial charge on any atom is -0.478 e. The zero-order chi connectivity index (χ0) is 24.3. The summed E-state index contributed by atoms with van der Waals surface area (Å²) in [5.41, 5.74) is 0.261. The summed E-state index contributed by atoms with van der Waals surface area (Å²) in [7, 11) is -4.33. The molecule has 8 heteroatoms. The Morgan fingerprint density at radius 2 is 1.06 bits per heavy atom. The number of carbonyl (C=O) groups is 2. The molecule has 0 radical (unpaired) electrons. The minimum atomic E-state index is -4.33. The second-order valence-corrected chi connectivity index (χ2v) is 9.62. The maximum absolute atomic E-state index is 13.3. The molecule has 0 atom stereocenters. The molecule has 0 bridgehead atoms. The van der Waals surface area contributed by atoms with Crippen molar-refractivity contribution in [2.24, 2.45) is 0 Å². The van der Waals surface area contributed by atoms with Gasteiger partial charge < -0.3 is 10.2 Å². The fourth-order valence-electron chi connectivity index (χ4n) is 3.88. The lowest BCUT2D eigenvalue weighted by atomic mass is 9.85. The van der Waals surface area contributed by atoms with Crippen LogP contribution in [0, 0.1) is 0 Å². The fourth-order valence-corrected chi connectivity index (χ4v) is 5.34. The standard InChI is InChI=1S/C24H38O7S/c1-5-9-13-17-20(23(25)26)18(14-10-6-2)22(32(29,30)31-16-12-8-4)19(15-11-7-3)21(17)24(27)28/h5-16H2,1-4H3,(H,25,26)(H,27,28). The van der Waals surface area contributed by atoms with Crippen molar-refractivity contribution in [1.82, 2.24) is 0 Å². The summed E-state index contributed by atoms with van der Waals surface area (Å²) in [4.78, 5) is 24.5. The number of hydrogen-bond donors (Lipinski definition) is 2. The number of hydrogen-bond acceptors (Lipinski definition) is 5. The third kappa shape index (κ3) is 7.04. The van der Waals surface area contributed by atoms with Crippen LogP contribution in [-0.2, 0) is 33.6 Å². The van der Waals surface area contributed by atoms with Crippen molar-refractivity contribution in [2.75, 3.05) is 6.61 Å². The van der Waals surface area contributed by atoms with Gasteiger partial charge >= 0.3 is 11.9 Å². The van der Waals surface area contributed by atoms with E-state index in [-0.39, 0.29) is 58.6 Å². The fraction of sp³-hybridized carbons (Fsp3) is 0.667. The Morgan fingerprint density at radius 3 is 1.41 bits per heavy atom. The van der Waals surface area contributed by atoms with Crippen molar-refractivity contribution in [3.63, 3.8) is 0 Å². The molecule has 0 unspecified atom stereocenters. The second-order valence-electron chi connectivity index (χ2n) is 8.07. The summed E-state index contributed by atoms with van der Waals surface area (Å²) in [6, 6.07) is 0. The van der Waals surface area contributed by atoms with Gasteiger partial charge in [0.25, 0.3) is 10.1 Å². The van der Waals surface area contributed by atoms with Crippen LogP contribution in [0.4, 0.5) is 0 Å². The van der Waals surface area contributed by atoms with Crippen LogP contribution < -0.4 is 0 Å². The van der Waals surface area contributed by atoms with Crippen molar-refractivity contribution in [1.29, 1.82) is 0 Å². The lowest BCUT2D eigenvalue weighted by Crippen LogP contribution is -2.23. The van der Waals surface area contributed by atoms with Crippen LogP contribution >= 0.6 is 0 Å². The molecule has 0 saturated heterocycles. The molecule has 182 valence electrons. The first-order chi connectivity index (χ1) is 15.2. The van der Waals surface area contributed by atoms with E-state index in [4.69, 9.17) is 4.18 Å². The van der Waals surface area contributed by atoms with Gasteiger partial charge in [0.05, 0.1) is 17.7 Å². The Hall–Kier alpha value is -1.93. The SMILES string of the molecule is CCCCOS(=O)(=O)c1c(CCCC)c(C(=O)O)c(CCCC)c(C(=O)O)c1CCCC. The van der Waals surface area contributed by atoms with Crippen LogP contribution in [-0.4, -0.2) is 37.2 Å². The van der Waals surface area contributed by atoms with Crippen LogP contribution in [0.1, 0.15) is 116 Å². The maximum Gasteiger partial charge on any atom is 0.336 e. The monoisotopic (exact) mass is 470 g/mol. The predicted octanol–water partition coefficient (Wildman–Crippen LogP) is 5.62. The topological polar surface area (TPSA) is 118 Å². The van der Waals surface area contributed by atoms with Crippen molar-refractivity contribution < 1.29 is 32.4 Å². The quantitative estimate of drug-likeness (QED) is 0.238. The van der Waals surface area contributed by atoms with Gasteiger partial charge in [-0.15, -0.1) is 0 Å². The van der Waals surface area contributed by atoms with E-state index in [9.17, 15) is 28.2 Å². The summed E-state index contributed by atoms with van der Waals surface area (Å²) in [6.07, 6.45) is 6.04. The second kappa shape index (κ2) is 13.6. The molecular weight excluding hydrogens is 432 g/mol. The zero-order valence-corrected chi connectivity index (χ0v) is 20.6. The molecular formula is C24H38O7S. The summed E-state index contributed by atoms with van der Waals surface area (Å²) < 4.78 is 32.0. The Kier molecular flexibility index (Phi) is 11.9. The number of benzene rings is 1. The van der Waals surface area contributed by atoms with E-state index in [2.05, 4.69) is 0 Å². The van der Waals surface area contributed by atoms with Gasteiger partial charge in [0, 0.05) is 0 Å². The van der Waals surface area contributed by atoms with E-state index >= 15 is 0 Å². The summed E-state index contributed by atoms with van der Waals surface area (Å²) in [5, 5.41) is 20.2. The van der Waals surface area contributed by atoms with E-state index in [0.717, 1.165) is 25.7 Å². The maximum atomic E-state index is 13.3. The van der Waals surface area contributed by atoms with Gasteiger partial charge in [-0.3, -0.25) is 4.18 Å². The van der Waals surface area contributed by atoms with E-state index in [1.807, 2.05) is 27.7 Å². The van der Waals surface area contributed by atoms with Gasteiger partial charge in [-0.1, -0.05) is 53.4 Å². The summed E-state index contributed by atoms with van der Waals surface area (Å²) >= 11 is 0. The molecule has 0 aliphatic rings. The van der Waals surface area contributed by atoms with Gasteiger partial charge in [0.2, 0.25) is 0 Å². The molecule has 0 aliphatic carbocycles. The lowest BCUT2D eigenvalue weighted by molar-refractivity contribution is 0.0693. The average molecular weight is 471 g/mol. The van der Waals surface area contributed by atoms with E-state index in [0.29, 0.717) is 25.7 Å². The van der Waals surface area contributed by atoms with Crippen LogP contribution in [0.2, 0.25) is 0 Å². The third-order valence-corrected chi connectivity index (χ3v) is 6.98. The van der Waals surface area contributed by atoms with Crippen molar-refractivity contribution >= 4 is 22.1 Å². The average Bonchev–Trinajstić information content (AvgIpc) is 2.73. The molecule has 0 aromatic heterocycles. The molecule has 0 fully saturated rings. The molecule has 1 rings (SSSR count). The molecule has 32 heavy (non-hydrogen) atoms. The predicted molar refractivity (Wildman–Crippen MR) is 124 cm³/mol. The van der Waals surface area contributed by atoms with Crippen LogP contribution in [0.5, 0.6) is 0 Å². The number of carboxylic acids is 2. The van der Waals surface area contributed by atoms with E-state index < -0.39 is 22.1 Å². The van der Waals surface area contributed by atoms with Crippen LogP contribution in [0.25, 0.3) is 0 Å². The highest BCUT2D eigenvalue weighted by Crippen LogP contribution is 2.36. The highest BCUT2D eigenvalue weighted by atomic mass is 32.2. The molecule has 0 spiro atoms. The minimum absolute atomic E-state index is 0.0261. The van der Waals surface area contributed by atoms with Crippen molar-refractivity contribution in [3.8, 4) is 0 Å². The molecule has 7 nitrogen and oxygen atoms in total. The number of rotatable bonds is 16. The first-order valence-electron chi connectivity index (χ1n) is 11.7. The van der Waals surface area contributed by atoms with Crippen molar-refractivity contribution in [3.05, 3.63) is 27.8 Å². The van der Waals surface area contributed by atoms with E-state index in [1.54, 1.807) is 0 Å². The Labute approximate surface area is 192 Å². The first kappa shape index (κ1) is 28.1. The van der Waals surface area contributed by atoms with Gasteiger partial charge in [-0.2, -0.15) is 8.42 Å². The zero-order valence-electron chi connectivity index (χ0n) is 19.8. The summed E-state index contributed by atoms with van der Waals surface area (Å²) in [6.45, 7) is 7.70. The molecule has 0 saturated carbocycles. The number of unbranched alkanes of at least 4 members (excludes halogenated alkanes) is 4. The summed E-state index contributed by atoms with van der Waals surface area (Å²) in [5.74, 6) is -2.59. The third-order valence-electron chi connectivity index (χ3n) is 5.51. The lowest BCUT2D eigenvalue weighted by Gasteiger charge is -2.23. The molecule has 0 heterocycles. The van der Waals surface area contributed by atoms with Crippen LogP contribution in [0.3, 0.4) is 0 Å². The van der Waals surface area contributed by atoms with Gasteiger partial charge in [0.15, 0.2) is 0 Å². The highest BCUT2D eigenvalue weighted by molar-refractivity contribution is 7.86. The van der Waals surface area contributed by atoms with Gasteiger partial charge in [0.1, 0.15) is 4.90 Å². The number of aromatic carboxylic acids is 2. The van der Waals surface area contributed by atoms with Crippen molar-refractivity contribution in [2.45, 2.75) is 103 Å². The molecule has 1 aromatic rings. The normalized spacial score (nSPS) is 11.6. The molecule has 0 amide bonds. The Bertz CT molecular complexity index is 841. The van der Waals surface area contributed by atoms with E-state index in [1.165, 1.54) is 0 Å². The molecule has 1 aromatic carbocycles. The van der Waals surface area contributed by atoms with Gasteiger partial charge in [-0.05, 0) is 61.6 Å². The Morgan fingerprint density at radius 1 is 0.688 bits per heavy atom. The molecule has 0 aliphatic heterocycles. The number of carboxylic acid groups (broad SMARTS) is 2. The highest BCUT2D eigenvalue weighted by Gasteiger charge is 2.35. The molecule has 2 N–H and O–H groups in total. The Balaban J connectivity index is 4.11.